The molecule has 0 aromatic heterocycles. The molecule has 1 saturated heterocycles. The van der Waals surface area contributed by atoms with Crippen molar-refractivity contribution >= 4 is 15.9 Å². The molecule has 0 saturated carbocycles. The SMILES string of the molecule is CCC1(C)CCOC(c2cc(Br)ccc2F)CN1. The predicted octanol–water partition coefficient (Wildman–Crippen LogP) is 3.81. The number of rotatable bonds is 2. The van der Waals surface area contributed by atoms with Gasteiger partial charge < -0.3 is 10.1 Å². The first-order valence-electron chi connectivity index (χ1n) is 6.36. The Morgan fingerprint density at radius 3 is 3.06 bits per heavy atom. The minimum atomic E-state index is -0.212. The minimum absolute atomic E-state index is 0.0945. The Labute approximate surface area is 116 Å². The average Bonchev–Trinajstić information content (AvgIpc) is 2.55. The van der Waals surface area contributed by atoms with E-state index in [1.165, 1.54) is 6.07 Å². The van der Waals surface area contributed by atoms with Crippen LogP contribution in [0.2, 0.25) is 0 Å². The highest BCUT2D eigenvalue weighted by Crippen LogP contribution is 2.28. The van der Waals surface area contributed by atoms with Crippen molar-refractivity contribution in [3.63, 3.8) is 0 Å². The Morgan fingerprint density at radius 2 is 2.33 bits per heavy atom. The first kappa shape index (κ1) is 14.0. The molecule has 0 spiro atoms. The van der Waals surface area contributed by atoms with Gasteiger partial charge in [0.05, 0.1) is 6.10 Å². The molecule has 2 rings (SSSR count). The molecule has 2 unspecified atom stereocenters. The van der Waals surface area contributed by atoms with Crippen LogP contribution >= 0.6 is 15.9 Å². The molecular formula is C14H19BrFNO. The lowest BCUT2D eigenvalue weighted by Crippen LogP contribution is -2.42. The summed E-state index contributed by atoms with van der Waals surface area (Å²) in [6, 6.07) is 4.99. The standard InChI is InChI=1S/C14H19BrFNO/c1-3-14(2)6-7-18-13(9-17-14)11-8-10(15)4-5-12(11)16/h4-5,8,13,17H,3,6-7,9H2,1-2H3. The highest BCUT2D eigenvalue weighted by atomic mass is 79.9. The maximum absolute atomic E-state index is 13.8. The van der Waals surface area contributed by atoms with Crippen LogP contribution in [0, 0.1) is 5.82 Å². The van der Waals surface area contributed by atoms with E-state index in [1.807, 2.05) is 0 Å². The van der Waals surface area contributed by atoms with Gasteiger partial charge >= 0.3 is 0 Å². The van der Waals surface area contributed by atoms with E-state index >= 15 is 0 Å². The van der Waals surface area contributed by atoms with Gasteiger partial charge in [0.15, 0.2) is 0 Å². The second-order valence-electron chi connectivity index (χ2n) is 5.07. The fraction of sp³-hybridized carbons (Fsp3) is 0.571. The third-order valence-corrected chi connectivity index (χ3v) is 4.27. The van der Waals surface area contributed by atoms with Gasteiger partial charge in [-0.3, -0.25) is 0 Å². The van der Waals surface area contributed by atoms with Crippen LogP contribution in [0.25, 0.3) is 0 Å². The number of ether oxygens (including phenoxy) is 1. The molecule has 0 bridgehead atoms. The highest BCUT2D eigenvalue weighted by Gasteiger charge is 2.28. The van der Waals surface area contributed by atoms with Crippen molar-refractivity contribution in [3.05, 3.63) is 34.1 Å². The lowest BCUT2D eigenvalue weighted by molar-refractivity contribution is 0.0628. The Hall–Kier alpha value is -0.450. The number of hydrogen-bond acceptors (Lipinski definition) is 2. The molecule has 4 heteroatoms. The lowest BCUT2D eigenvalue weighted by Gasteiger charge is -2.27. The van der Waals surface area contributed by atoms with Crippen molar-refractivity contribution < 1.29 is 9.13 Å². The quantitative estimate of drug-likeness (QED) is 0.896. The van der Waals surface area contributed by atoms with Crippen molar-refractivity contribution in [2.45, 2.75) is 38.3 Å². The third-order valence-electron chi connectivity index (χ3n) is 3.77. The molecule has 2 nitrogen and oxygen atoms in total. The Bertz CT molecular complexity index is 426. The van der Waals surface area contributed by atoms with Gasteiger partial charge in [0, 0.05) is 28.7 Å². The molecular weight excluding hydrogens is 297 g/mol. The fourth-order valence-corrected chi connectivity index (χ4v) is 2.55. The first-order valence-corrected chi connectivity index (χ1v) is 7.15. The predicted molar refractivity (Wildman–Crippen MR) is 74.1 cm³/mol. The summed E-state index contributed by atoms with van der Waals surface area (Å²) in [5.41, 5.74) is 0.717. The fourth-order valence-electron chi connectivity index (χ4n) is 2.18. The molecule has 1 fully saturated rings. The third kappa shape index (κ3) is 3.11. The molecule has 1 aliphatic heterocycles. The monoisotopic (exact) mass is 315 g/mol. The van der Waals surface area contributed by atoms with Gasteiger partial charge in [-0.05, 0) is 38.0 Å². The molecule has 0 amide bonds. The summed E-state index contributed by atoms with van der Waals surface area (Å²) in [5.74, 6) is -0.204. The van der Waals surface area contributed by atoms with Crippen LogP contribution in [0.1, 0.15) is 38.4 Å². The number of nitrogens with one attached hydrogen (secondary N) is 1. The summed E-state index contributed by atoms with van der Waals surface area (Å²) in [5, 5.41) is 3.50. The largest absolute Gasteiger partial charge is 0.372 e. The maximum atomic E-state index is 13.8. The zero-order valence-corrected chi connectivity index (χ0v) is 12.4. The average molecular weight is 316 g/mol. The summed E-state index contributed by atoms with van der Waals surface area (Å²) in [6.07, 6.45) is 1.79. The molecule has 1 aromatic rings. The zero-order chi connectivity index (χ0) is 13.2. The highest BCUT2D eigenvalue weighted by molar-refractivity contribution is 9.10. The van der Waals surface area contributed by atoms with Gasteiger partial charge in [-0.2, -0.15) is 0 Å². The van der Waals surface area contributed by atoms with E-state index < -0.39 is 0 Å². The topological polar surface area (TPSA) is 21.3 Å². The number of halogens is 2. The van der Waals surface area contributed by atoms with Crippen LogP contribution in [0.5, 0.6) is 0 Å². The van der Waals surface area contributed by atoms with Gasteiger partial charge in [-0.1, -0.05) is 22.9 Å². The molecule has 18 heavy (non-hydrogen) atoms. The van der Waals surface area contributed by atoms with Crippen molar-refractivity contribution in [2.24, 2.45) is 0 Å². The van der Waals surface area contributed by atoms with Crippen molar-refractivity contribution in [3.8, 4) is 0 Å². The Kier molecular flexibility index (Phi) is 4.41. The van der Waals surface area contributed by atoms with Crippen molar-refractivity contribution in [1.29, 1.82) is 0 Å². The first-order chi connectivity index (χ1) is 8.54. The van der Waals surface area contributed by atoms with E-state index in [2.05, 4.69) is 35.1 Å². The Balaban J connectivity index is 2.17. The molecule has 0 radical (unpaired) electrons. The van der Waals surface area contributed by atoms with E-state index in [0.29, 0.717) is 18.7 Å². The van der Waals surface area contributed by atoms with Gasteiger partial charge in [0.2, 0.25) is 0 Å². The molecule has 1 aliphatic rings. The van der Waals surface area contributed by atoms with Crippen molar-refractivity contribution in [1.82, 2.24) is 5.32 Å². The second-order valence-corrected chi connectivity index (χ2v) is 5.99. The molecule has 100 valence electrons. The molecule has 0 aliphatic carbocycles. The van der Waals surface area contributed by atoms with E-state index in [4.69, 9.17) is 4.74 Å². The summed E-state index contributed by atoms with van der Waals surface area (Å²) in [4.78, 5) is 0. The molecule has 2 atom stereocenters. The number of hydrogen-bond donors (Lipinski definition) is 1. The summed E-state index contributed by atoms with van der Waals surface area (Å²) in [6.45, 7) is 5.66. The van der Waals surface area contributed by atoms with E-state index in [0.717, 1.165) is 17.3 Å². The Morgan fingerprint density at radius 1 is 1.56 bits per heavy atom. The minimum Gasteiger partial charge on any atom is -0.372 e. The van der Waals surface area contributed by atoms with Crippen LogP contribution in [0.3, 0.4) is 0 Å². The van der Waals surface area contributed by atoms with Crippen LogP contribution in [-0.4, -0.2) is 18.7 Å². The van der Waals surface area contributed by atoms with Crippen LogP contribution in [0.15, 0.2) is 22.7 Å². The van der Waals surface area contributed by atoms with E-state index in [-0.39, 0.29) is 17.5 Å². The van der Waals surface area contributed by atoms with Crippen LogP contribution in [0.4, 0.5) is 4.39 Å². The van der Waals surface area contributed by atoms with E-state index in [1.54, 1.807) is 12.1 Å². The van der Waals surface area contributed by atoms with Gasteiger partial charge in [0.25, 0.3) is 0 Å². The second kappa shape index (κ2) is 5.68. The molecule has 1 heterocycles. The summed E-state index contributed by atoms with van der Waals surface area (Å²) in [7, 11) is 0. The van der Waals surface area contributed by atoms with Gasteiger partial charge in [0.1, 0.15) is 5.82 Å². The molecule has 1 N–H and O–H groups in total. The number of benzene rings is 1. The lowest BCUT2D eigenvalue weighted by atomic mass is 9.95. The smallest absolute Gasteiger partial charge is 0.129 e. The molecule has 1 aromatic carbocycles. The maximum Gasteiger partial charge on any atom is 0.129 e. The normalized spacial score (nSPS) is 29.0. The van der Waals surface area contributed by atoms with Crippen LogP contribution in [-0.2, 0) is 4.74 Å². The van der Waals surface area contributed by atoms with Crippen molar-refractivity contribution in [2.75, 3.05) is 13.2 Å². The summed E-state index contributed by atoms with van der Waals surface area (Å²) >= 11 is 3.38. The van der Waals surface area contributed by atoms with Gasteiger partial charge in [-0.15, -0.1) is 0 Å². The summed E-state index contributed by atoms with van der Waals surface area (Å²) < 4.78 is 20.5. The van der Waals surface area contributed by atoms with Crippen LogP contribution < -0.4 is 5.32 Å². The van der Waals surface area contributed by atoms with E-state index in [9.17, 15) is 4.39 Å². The van der Waals surface area contributed by atoms with Gasteiger partial charge in [-0.25, -0.2) is 4.39 Å². The zero-order valence-electron chi connectivity index (χ0n) is 10.8.